The predicted octanol–water partition coefficient (Wildman–Crippen LogP) is 4.11. The molecule has 0 atom stereocenters. The van der Waals surface area contributed by atoms with E-state index in [4.69, 9.17) is 4.74 Å². The van der Waals surface area contributed by atoms with Gasteiger partial charge in [0.1, 0.15) is 11.6 Å². The van der Waals surface area contributed by atoms with Crippen molar-refractivity contribution in [2.45, 2.75) is 27.2 Å². The number of alkyl halides is 1. The molecule has 1 rings (SSSR count). The number of methoxy groups -OCH3 is 1. The van der Waals surface area contributed by atoms with E-state index in [1.54, 1.807) is 13.2 Å². The lowest BCUT2D eigenvalue weighted by atomic mass is 9.87. The van der Waals surface area contributed by atoms with Crippen molar-refractivity contribution in [3.8, 4) is 5.75 Å². The zero-order valence-corrected chi connectivity index (χ0v) is 11.8. The normalized spacial score (nSPS) is 11.6. The average Bonchev–Trinajstić information content (AvgIpc) is 2.21. The number of ether oxygens (including phenoxy) is 1. The molecule has 0 N–H and O–H groups in total. The molecule has 1 aromatic rings. The Balaban J connectivity index is 3.12. The Kier molecular flexibility index (Phi) is 4.36. The molecule has 0 fully saturated rings. The first-order chi connectivity index (χ1) is 7.39. The van der Waals surface area contributed by atoms with E-state index in [-0.39, 0.29) is 11.2 Å². The van der Waals surface area contributed by atoms with Gasteiger partial charge in [-0.05, 0) is 36.5 Å². The summed E-state index contributed by atoms with van der Waals surface area (Å²) in [6.45, 7) is 6.06. The lowest BCUT2D eigenvalue weighted by Crippen LogP contribution is -2.18. The molecule has 0 unspecified atom stereocenters. The van der Waals surface area contributed by atoms with Crippen LogP contribution >= 0.6 is 15.9 Å². The Morgan fingerprint density at radius 2 is 2.00 bits per heavy atom. The van der Waals surface area contributed by atoms with Gasteiger partial charge in [-0.2, -0.15) is 0 Å². The third-order valence-electron chi connectivity index (χ3n) is 2.54. The smallest absolute Gasteiger partial charge is 0.130 e. The first-order valence-corrected chi connectivity index (χ1v) is 6.41. The quantitative estimate of drug-likeness (QED) is 0.758. The van der Waals surface area contributed by atoms with Crippen molar-refractivity contribution < 1.29 is 9.13 Å². The fourth-order valence-corrected chi connectivity index (χ4v) is 1.82. The van der Waals surface area contributed by atoms with Gasteiger partial charge < -0.3 is 4.74 Å². The standard InChI is InChI=1S/C13H18BrFO/c1-9-5-11(15)10(12(6-9)16-4)7-13(2,3)8-14/h5-6H,7-8H2,1-4H3. The molecule has 0 aliphatic carbocycles. The minimum atomic E-state index is -0.175. The Bertz CT molecular complexity index is 374. The summed E-state index contributed by atoms with van der Waals surface area (Å²) in [5.41, 5.74) is 1.57. The van der Waals surface area contributed by atoms with E-state index in [9.17, 15) is 4.39 Å². The number of rotatable bonds is 4. The Labute approximate surface area is 105 Å². The highest BCUT2D eigenvalue weighted by Crippen LogP contribution is 2.31. The summed E-state index contributed by atoms with van der Waals surface area (Å²) >= 11 is 3.45. The molecule has 0 bridgehead atoms. The highest BCUT2D eigenvalue weighted by atomic mass is 79.9. The van der Waals surface area contributed by atoms with Crippen LogP contribution < -0.4 is 4.74 Å². The minimum Gasteiger partial charge on any atom is -0.496 e. The van der Waals surface area contributed by atoms with Crippen molar-refractivity contribution in [2.24, 2.45) is 5.41 Å². The molecule has 0 saturated heterocycles. The monoisotopic (exact) mass is 288 g/mol. The zero-order valence-electron chi connectivity index (χ0n) is 10.2. The van der Waals surface area contributed by atoms with Gasteiger partial charge in [0.2, 0.25) is 0 Å². The highest BCUT2D eigenvalue weighted by molar-refractivity contribution is 9.09. The van der Waals surface area contributed by atoms with E-state index in [0.717, 1.165) is 10.9 Å². The van der Waals surface area contributed by atoms with Crippen molar-refractivity contribution >= 4 is 15.9 Å². The molecule has 3 heteroatoms. The van der Waals surface area contributed by atoms with E-state index < -0.39 is 0 Å². The molecule has 0 spiro atoms. The lowest BCUT2D eigenvalue weighted by Gasteiger charge is -2.23. The topological polar surface area (TPSA) is 9.23 Å². The van der Waals surface area contributed by atoms with E-state index in [0.29, 0.717) is 17.7 Å². The average molecular weight is 289 g/mol. The van der Waals surface area contributed by atoms with Crippen LogP contribution in [0, 0.1) is 18.2 Å². The third-order valence-corrected chi connectivity index (χ3v) is 4.05. The summed E-state index contributed by atoms with van der Waals surface area (Å²) in [6.07, 6.45) is 0.660. The maximum atomic E-state index is 13.9. The number of halogens is 2. The fraction of sp³-hybridized carbons (Fsp3) is 0.538. The minimum absolute atomic E-state index is 0.0172. The van der Waals surface area contributed by atoms with Gasteiger partial charge in [0.15, 0.2) is 0 Å². The van der Waals surface area contributed by atoms with Gasteiger partial charge in [-0.1, -0.05) is 29.8 Å². The van der Waals surface area contributed by atoms with Crippen LogP contribution in [0.4, 0.5) is 4.39 Å². The van der Waals surface area contributed by atoms with Crippen molar-refractivity contribution in [3.63, 3.8) is 0 Å². The van der Waals surface area contributed by atoms with Gasteiger partial charge in [0, 0.05) is 10.9 Å². The maximum Gasteiger partial charge on any atom is 0.130 e. The van der Waals surface area contributed by atoms with E-state index in [1.165, 1.54) is 0 Å². The van der Waals surface area contributed by atoms with Gasteiger partial charge in [0.05, 0.1) is 7.11 Å². The largest absolute Gasteiger partial charge is 0.496 e. The summed E-state index contributed by atoms with van der Waals surface area (Å²) < 4.78 is 19.1. The second-order valence-electron chi connectivity index (χ2n) is 4.90. The van der Waals surface area contributed by atoms with Gasteiger partial charge in [-0.15, -0.1) is 0 Å². The van der Waals surface area contributed by atoms with Crippen LogP contribution in [0.1, 0.15) is 25.0 Å². The molecule has 90 valence electrons. The molecule has 0 saturated carbocycles. The second kappa shape index (κ2) is 5.17. The highest BCUT2D eigenvalue weighted by Gasteiger charge is 2.22. The van der Waals surface area contributed by atoms with Gasteiger partial charge in [0.25, 0.3) is 0 Å². The molecule has 1 aromatic carbocycles. The van der Waals surface area contributed by atoms with Crippen LogP contribution in [0.2, 0.25) is 0 Å². The lowest BCUT2D eigenvalue weighted by molar-refractivity contribution is 0.374. The van der Waals surface area contributed by atoms with Crippen molar-refractivity contribution in [1.29, 1.82) is 0 Å². The Morgan fingerprint density at radius 3 is 2.50 bits per heavy atom. The summed E-state index contributed by atoms with van der Waals surface area (Å²) in [5.74, 6) is 0.470. The van der Waals surface area contributed by atoms with Crippen molar-refractivity contribution in [3.05, 3.63) is 29.1 Å². The molecule has 0 radical (unpaired) electrons. The third kappa shape index (κ3) is 3.21. The van der Waals surface area contributed by atoms with Crippen LogP contribution in [0.5, 0.6) is 5.75 Å². The molecular weight excluding hydrogens is 271 g/mol. The number of aryl methyl sites for hydroxylation is 1. The molecule has 0 amide bonds. The number of hydrogen-bond acceptors (Lipinski definition) is 1. The number of benzene rings is 1. The van der Waals surface area contributed by atoms with Crippen molar-refractivity contribution in [1.82, 2.24) is 0 Å². The van der Waals surface area contributed by atoms with Crippen molar-refractivity contribution in [2.75, 3.05) is 12.4 Å². The molecule has 0 heterocycles. The summed E-state index contributed by atoms with van der Waals surface area (Å²) in [4.78, 5) is 0. The summed E-state index contributed by atoms with van der Waals surface area (Å²) in [5, 5.41) is 0.830. The number of hydrogen-bond donors (Lipinski definition) is 0. The maximum absolute atomic E-state index is 13.9. The van der Waals surface area contributed by atoms with Gasteiger partial charge in [-0.3, -0.25) is 0 Å². The van der Waals surface area contributed by atoms with E-state index in [1.807, 2.05) is 13.0 Å². The van der Waals surface area contributed by atoms with Crippen LogP contribution in [0.25, 0.3) is 0 Å². The first-order valence-electron chi connectivity index (χ1n) is 5.28. The van der Waals surface area contributed by atoms with E-state index in [2.05, 4.69) is 29.8 Å². The Hall–Kier alpha value is -0.570. The Morgan fingerprint density at radius 1 is 1.38 bits per heavy atom. The van der Waals surface area contributed by atoms with Gasteiger partial charge >= 0.3 is 0 Å². The van der Waals surface area contributed by atoms with Crippen LogP contribution in [0.3, 0.4) is 0 Å². The van der Waals surface area contributed by atoms with Crippen LogP contribution in [0.15, 0.2) is 12.1 Å². The molecule has 0 aromatic heterocycles. The molecule has 16 heavy (non-hydrogen) atoms. The summed E-state index contributed by atoms with van der Waals surface area (Å²) in [6, 6.07) is 3.44. The second-order valence-corrected chi connectivity index (χ2v) is 5.46. The van der Waals surface area contributed by atoms with E-state index >= 15 is 0 Å². The van der Waals surface area contributed by atoms with Crippen LogP contribution in [-0.4, -0.2) is 12.4 Å². The predicted molar refractivity (Wildman–Crippen MR) is 69.0 cm³/mol. The molecule has 0 aliphatic heterocycles. The zero-order chi connectivity index (χ0) is 12.3. The fourth-order valence-electron chi connectivity index (χ4n) is 1.62. The first kappa shape index (κ1) is 13.5. The molecular formula is C13H18BrFO. The SMILES string of the molecule is COc1cc(C)cc(F)c1CC(C)(C)CBr. The molecule has 0 aliphatic rings. The van der Waals surface area contributed by atoms with Gasteiger partial charge in [-0.25, -0.2) is 4.39 Å². The van der Waals surface area contributed by atoms with Crippen LogP contribution in [-0.2, 0) is 6.42 Å². The summed E-state index contributed by atoms with van der Waals surface area (Å²) in [7, 11) is 1.58. The molecule has 1 nitrogen and oxygen atoms in total.